The van der Waals surface area contributed by atoms with Gasteiger partial charge in [-0.2, -0.15) is 0 Å². The number of aromatic nitrogens is 1. The van der Waals surface area contributed by atoms with Crippen LogP contribution in [0.25, 0.3) is 0 Å². The van der Waals surface area contributed by atoms with E-state index in [-0.39, 0.29) is 23.1 Å². The summed E-state index contributed by atoms with van der Waals surface area (Å²) in [5.74, 6) is -0.136. The van der Waals surface area contributed by atoms with Crippen LogP contribution in [0, 0.1) is 11.3 Å². The van der Waals surface area contributed by atoms with Crippen LogP contribution in [0.5, 0.6) is 0 Å². The molecule has 3 rings (SSSR count). The Labute approximate surface area is 142 Å². The fourth-order valence-corrected chi connectivity index (χ4v) is 3.54. The summed E-state index contributed by atoms with van der Waals surface area (Å²) in [6.45, 7) is 3.21. The third-order valence-electron chi connectivity index (χ3n) is 5.15. The topological polar surface area (TPSA) is 88.3 Å². The van der Waals surface area contributed by atoms with Crippen LogP contribution >= 0.6 is 0 Å². The lowest BCUT2D eigenvalue weighted by Crippen LogP contribution is -2.44. The molecule has 1 aliphatic heterocycles. The maximum absolute atomic E-state index is 12.5. The van der Waals surface area contributed by atoms with Crippen molar-refractivity contribution in [1.29, 1.82) is 0 Å². The van der Waals surface area contributed by atoms with Gasteiger partial charge in [0.25, 0.3) is 0 Å². The molecule has 0 spiro atoms. The molecule has 24 heavy (non-hydrogen) atoms. The SMILES string of the molecule is NC(=O)CC1(CNC(=O)C2CCCN(Cc3cccnc3)C2)CC1. The van der Waals surface area contributed by atoms with Crippen molar-refractivity contribution in [2.24, 2.45) is 17.1 Å². The van der Waals surface area contributed by atoms with Crippen molar-refractivity contribution in [3.05, 3.63) is 30.1 Å². The third-order valence-corrected chi connectivity index (χ3v) is 5.15. The molecule has 0 aromatic carbocycles. The van der Waals surface area contributed by atoms with Crippen LogP contribution in [0.1, 0.15) is 37.7 Å². The van der Waals surface area contributed by atoms with Gasteiger partial charge in [-0.3, -0.25) is 19.5 Å². The first-order valence-corrected chi connectivity index (χ1v) is 8.74. The number of pyridine rings is 1. The average molecular weight is 330 g/mol. The van der Waals surface area contributed by atoms with Crippen LogP contribution < -0.4 is 11.1 Å². The second-order valence-corrected chi connectivity index (χ2v) is 7.30. The number of hydrogen-bond acceptors (Lipinski definition) is 4. The molecule has 1 aromatic heterocycles. The summed E-state index contributed by atoms with van der Waals surface area (Å²) in [7, 11) is 0. The summed E-state index contributed by atoms with van der Waals surface area (Å²) in [6, 6.07) is 4.01. The highest BCUT2D eigenvalue weighted by molar-refractivity contribution is 5.79. The van der Waals surface area contributed by atoms with E-state index in [0.717, 1.165) is 45.3 Å². The van der Waals surface area contributed by atoms with Gasteiger partial charge >= 0.3 is 0 Å². The second kappa shape index (κ2) is 7.30. The van der Waals surface area contributed by atoms with Crippen molar-refractivity contribution in [1.82, 2.24) is 15.2 Å². The Morgan fingerprint density at radius 2 is 2.25 bits per heavy atom. The van der Waals surface area contributed by atoms with Crippen LogP contribution in [0.15, 0.2) is 24.5 Å². The molecule has 1 aliphatic carbocycles. The molecule has 0 bridgehead atoms. The molecule has 6 nitrogen and oxygen atoms in total. The maximum atomic E-state index is 12.5. The van der Waals surface area contributed by atoms with Gasteiger partial charge < -0.3 is 11.1 Å². The molecular weight excluding hydrogens is 304 g/mol. The van der Waals surface area contributed by atoms with Crippen LogP contribution in [0.2, 0.25) is 0 Å². The van der Waals surface area contributed by atoms with Gasteiger partial charge in [0.15, 0.2) is 0 Å². The third kappa shape index (κ3) is 4.54. The fourth-order valence-electron chi connectivity index (χ4n) is 3.54. The summed E-state index contributed by atoms with van der Waals surface area (Å²) in [4.78, 5) is 30.1. The zero-order valence-electron chi connectivity index (χ0n) is 14.0. The van der Waals surface area contributed by atoms with Gasteiger partial charge in [0.2, 0.25) is 11.8 Å². The van der Waals surface area contributed by atoms with Crippen LogP contribution in [-0.2, 0) is 16.1 Å². The zero-order chi connectivity index (χ0) is 17.0. The van der Waals surface area contributed by atoms with Gasteiger partial charge in [-0.15, -0.1) is 0 Å². The summed E-state index contributed by atoms with van der Waals surface area (Å²) in [5, 5.41) is 3.06. The van der Waals surface area contributed by atoms with Crippen molar-refractivity contribution in [2.45, 2.75) is 38.6 Å². The van der Waals surface area contributed by atoms with E-state index >= 15 is 0 Å². The molecule has 2 aliphatic rings. The number of hydrogen-bond donors (Lipinski definition) is 2. The molecule has 3 N–H and O–H groups in total. The lowest BCUT2D eigenvalue weighted by molar-refractivity contribution is -0.127. The molecule has 1 aromatic rings. The molecule has 0 radical (unpaired) electrons. The fraction of sp³-hybridized carbons (Fsp3) is 0.611. The molecule has 2 heterocycles. The van der Waals surface area contributed by atoms with Gasteiger partial charge in [-0.25, -0.2) is 0 Å². The van der Waals surface area contributed by atoms with E-state index in [1.165, 1.54) is 5.56 Å². The van der Waals surface area contributed by atoms with Gasteiger partial charge in [0.1, 0.15) is 0 Å². The molecule has 1 atom stereocenters. The highest BCUT2D eigenvalue weighted by Crippen LogP contribution is 2.48. The van der Waals surface area contributed by atoms with E-state index < -0.39 is 0 Å². The first-order valence-electron chi connectivity index (χ1n) is 8.74. The lowest BCUT2D eigenvalue weighted by atomic mass is 9.95. The first-order chi connectivity index (χ1) is 11.6. The minimum absolute atomic E-state index is 0.0276. The van der Waals surface area contributed by atoms with E-state index in [1.807, 2.05) is 12.3 Å². The summed E-state index contributed by atoms with van der Waals surface area (Å²) >= 11 is 0. The number of nitrogens with zero attached hydrogens (tertiary/aromatic N) is 2. The number of amides is 2. The lowest BCUT2D eigenvalue weighted by Gasteiger charge is -2.32. The van der Waals surface area contributed by atoms with Gasteiger partial charge in [0.05, 0.1) is 5.92 Å². The van der Waals surface area contributed by atoms with Crippen molar-refractivity contribution in [3.63, 3.8) is 0 Å². The van der Waals surface area contributed by atoms with E-state index in [4.69, 9.17) is 5.73 Å². The Bertz CT molecular complexity index is 586. The predicted molar refractivity (Wildman–Crippen MR) is 90.7 cm³/mol. The Morgan fingerprint density at radius 3 is 2.92 bits per heavy atom. The summed E-state index contributed by atoms with van der Waals surface area (Å²) in [5.41, 5.74) is 6.41. The minimum Gasteiger partial charge on any atom is -0.370 e. The number of nitrogens with one attached hydrogen (secondary N) is 1. The number of rotatable bonds is 7. The highest BCUT2D eigenvalue weighted by Gasteiger charge is 2.44. The van der Waals surface area contributed by atoms with Crippen LogP contribution in [0.3, 0.4) is 0 Å². The predicted octanol–water partition coefficient (Wildman–Crippen LogP) is 1.07. The van der Waals surface area contributed by atoms with E-state index in [9.17, 15) is 9.59 Å². The molecular formula is C18H26N4O2. The molecule has 130 valence electrons. The van der Waals surface area contributed by atoms with Crippen LogP contribution in [0.4, 0.5) is 0 Å². The molecule has 1 saturated carbocycles. The monoisotopic (exact) mass is 330 g/mol. The largest absolute Gasteiger partial charge is 0.370 e. The molecule has 1 unspecified atom stereocenters. The van der Waals surface area contributed by atoms with E-state index in [0.29, 0.717) is 13.0 Å². The summed E-state index contributed by atoms with van der Waals surface area (Å²) < 4.78 is 0. The normalized spacial score (nSPS) is 22.8. The Balaban J connectivity index is 1.47. The first kappa shape index (κ1) is 16.9. The Morgan fingerprint density at radius 1 is 1.42 bits per heavy atom. The average Bonchev–Trinajstić information content (AvgIpc) is 3.33. The molecule has 1 saturated heterocycles. The summed E-state index contributed by atoms with van der Waals surface area (Å²) in [6.07, 6.45) is 7.95. The molecule has 6 heteroatoms. The number of piperidine rings is 1. The second-order valence-electron chi connectivity index (χ2n) is 7.30. The maximum Gasteiger partial charge on any atom is 0.224 e. The van der Waals surface area contributed by atoms with Gasteiger partial charge in [-0.05, 0) is 49.3 Å². The number of carbonyl (C=O) groups excluding carboxylic acids is 2. The Kier molecular flexibility index (Phi) is 5.14. The number of carbonyl (C=O) groups is 2. The number of likely N-dealkylation sites (tertiary alicyclic amines) is 1. The van der Waals surface area contributed by atoms with E-state index in [1.54, 1.807) is 6.20 Å². The smallest absolute Gasteiger partial charge is 0.224 e. The number of nitrogens with two attached hydrogens (primary N) is 1. The van der Waals surface area contributed by atoms with Crippen molar-refractivity contribution in [3.8, 4) is 0 Å². The number of primary amides is 1. The molecule has 2 amide bonds. The van der Waals surface area contributed by atoms with Gasteiger partial charge in [-0.1, -0.05) is 6.07 Å². The van der Waals surface area contributed by atoms with Crippen molar-refractivity contribution < 1.29 is 9.59 Å². The molecule has 2 fully saturated rings. The van der Waals surface area contributed by atoms with Crippen molar-refractivity contribution in [2.75, 3.05) is 19.6 Å². The van der Waals surface area contributed by atoms with Gasteiger partial charge in [0, 0.05) is 38.4 Å². The van der Waals surface area contributed by atoms with Crippen LogP contribution in [-0.4, -0.2) is 41.3 Å². The quantitative estimate of drug-likeness (QED) is 0.782. The van der Waals surface area contributed by atoms with E-state index in [2.05, 4.69) is 21.3 Å². The standard InChI is InChI=1S/C18H26N4O2/c19-16(23)9-18(5-6-18)13-21-17(24)15-4-2-8-22(12-15)11-14-3-1-7-20-10-14/h1,3,7,10,15H,2,4-6,8-9,11-13H2,(H2,19,23)(H,21,24). The highest BCUT2D eigenvalue weighted by atomic mass is 16.2. The minimum atomic E-state index is -0.276. The zero-order valence-corrected chi connectivity index (χ0v) is 14.0. The van der Waals surface area contributed by atoms with Crippen molar-refractivity contribution >= 4 is 11.8 Å². The Hall–Kier alpha value is -1.95.